The molecule has 2 atom stereocenters. The van der Waals surface area contributed by atoms with Crippen molar-refractivity contribution in [2.24, 2.45) is 5.92 Å². The van der Waals surface area contributed by atoms with Crippen LogP contribution in [0.25, 0.3) is 0 Å². The topological polar surface area (TPSA) is 58.6 Å². The summed E-state index contributed by atoms with van der Waals surface area (Å²) in [5.74, 6) is 1.25. The van der Waals surface area contributed by atoms with Gasteiger partial charge < -0.3 is 14.5 Å². The van der Waals surface area contributed by atoms with E-state index in [1.165, 1.54) is 12.8 Å². The summed E-state index contributed by atoms with van der Waals surface area (Å²) in [4.78, 5) is 25.8. The maximum Gasteiger partial charge on any atom is 0.274 e. The van der Waals surface area contributed by atoms with Gasteiger partial charge in [-0.2, -0.15) is 0 Å². The Kier molecular flexibility index (Phi) is 6.46. The summed E-state index contributed by atoms with van der Waals surface area (Å²) in [6, 6.07) is 0. The van der Waals surface area contributed by atoms with Gasteiger partial charge in [0.1, 0.15) is 11.5 Å². The van der Waals surface area contributed by atoms with Crippen LogP contribution in [0.15, 0.2) is 12.4 Å². The average molecular weight is 361 g/mol. The van der Waals surface area contributed by atoms with E-state index in [-0.39, 0.29) is 18.1 Å². The molecule has 26 heavy (non-hydrogen) atoms. The molecule has 0 bridgehead atoms. The van der Waals surface area contributed by atoms with Crippen molar-refractivity contribution in [3.05, 3.63) is 18.1 Å². The van der Waals surface area contributed by atoms with Crippen molar-refractivity contribution in [2.45, 2.75) is 65.1 Å². The zero-order chi connectivity index (χ0) is 18.5. The number of amides is 1. The molecule has 6 nitrogen and oxygen atoms in total. The van der Waals surface area contributed by atoms with Gasteiger partial charge in [0.15, 0.2) is 0 Å². The predicted molar refractivity (Wildman–Crippen MR) is 102 cm³/mol. The van der Waals surface area contributed by atoms with Crippen molar-refractivity contribution in [1.29, 1.82) is 0 Å². The summed E-state index contributed by atoms with van der Waals surface area (Å²) in [5.41, 5.74) is 0.460. The summed E-state index contributed by atoms with van der Waals surface area (Å²) < 4.78 is 6.30. The molecular weight excluding hydrogens is 328 g/mol. The maximum atomic E-state index is 12.6. The summed E-state index contributed by atoms with van der Waals surface area (Å²) in [7, 11) is 0. The molecule has 0 radical (unpaired) electrons. The van der Waals surface area contributed by atoms with Crippen LogP contribution in [0, 0.1) is 5.92 Å². The second-order valence-corrected chi connectivity index (χ2v) is 7.85. The van der Waals surface area contributed by atoms with Gasteiger partial charge in [-0.25, -0.2) is 4.98 Å². The third-order valence-corrected chi connectivity index (χ3v) is 5.37. The molecule has 0 aliphatic carbocycles. The number of anilines is 1. The highest BCUT2D eigenvalue weighted by Gasteiger charge is 2.31. The third-order valence-electron chi connectivity index (χ3n) is 5.37. The largest absolute Gasteiger partial charge is 0.371 e. The Morgan fingerprint density at radius 3 is 2.73 bits per heavy atom. The first-order chi connectivity index (χ1) is 12.6. The molecule has 0 N–H and O–H groups in total. The molecule has 1 aromatic rings. The summed E-state index contributed by atoms with van der Waals surface area (Å²) in [6.45, 7) is 9.89. The standard InChI is InChI=1S/C20H32N4O2/c1-4-5-8-16-13-24(14-18(26-16)15(2)3)19-12-21-11-17(22-19)20(25)23-9-6-7-10-23/h11-12,15-16,18H,4-10,13-14H2,1-3H3/t16-,18-/m1/s1. The van der Waals surface area contributed by atoms with Crippen LogP contribution >= 0.6 is 0 Å². The van der Waals surface area contributed by atoms with Gasteiger partial charge in [-0.05, 0) is 25.2 Å². The number of hydrogen-bond donors (Lipinski definition) is 0. The number of aromatic nitrogens is 2. The van der Waals surface area contributed by atoms with Crippen molar-refractivity contribution < 1.29 is 9.53 Å². The van der Waals surface area contributed by atoms with Crippen LogP contribution < -0.4 is 4.90 Å². The van der Waals surface area contributed by atoms with Gasteiger partial charge >= 0.3 is 0 Å². The Morgan fingerprint density at radius 2 is 2.04 bits per heavy atom. The molecule has 3 rings (SSSR count). The van der Waals surface area contributed by atoms with Gasteiger partial charge in [0.2, 0.25) is 0 Å². The lowest BCUT2D eigenvalue weighted by atomic mass is 10.0. The molecule has 3 heterocycles. The number of likely N-dealkylation sites (tertiary alicyclic amines) is 1. The smallest absolute Gasteiger partial charge is 0.274 e. The molecule has 2 fully saturated rings. The number of unbranched alkanes of at least 4 members (excludes halogenated alkanes) is 1. The molecule has 0 unspecified atom stereocenters. The second kappa shape index (κ2) is 8.80. The van der Waals surface area contributed by atoms with E-state index in [2.05, 4.69) is 35.6 Å². The Morgan fingerprint density at radius 1 is 1.27 bits per heavy atom. The minimum absolute atomic E-state index is 0.00746. The minimum atomic E-state index is 0.00746. The molecule has 2 aliphatic rings. The fraction of sp³-hybridized carbons (Fsp3) is 0.750. The van der Waals surface area contributed by atoms with E-state index in [9.17, 15) is 4.79 Å². The lowest BCUT2D eigenvalue weighted by Crippen LogP contribution is -2.50. The van der Waals surface area contributed by atoms with Crippen LogP contribution in [0.1, 0.15) is 63.4 Å². The highest BCUT2D eigenvalue weighted by atomic mass is 16.5. The van der Waals surface area contributed by atoms with Crippen LogP contribution in [0.2, 0.25) is 0 Å². The average Bonchev–Trinajstić information content (AvgIpc) is 3.20. The number of ether oxygens (including phenoxy) is 1. The van der Waals surface area contributed by atoms with Crippen LogP contribution in [0.4, 0.5) is 5.82 Å². The Balaban J connectivity index is 1.75. The highest BCUT2D eigenvalue weighted by Crippen LogP contribution is 2.24. The molecule has 0 aromatic carbocycles. The summed E-state index contributed by atoms with van der Waals surface area (Å²) in [5, 5.41) is 0. The van der Waals surface area contributed by atoms with E-state index >= 15 is 0 Å². The van der Waals surface area contributed by atoms with Crippen LogP contribution in [0.3, 0.4) is 0 Å². The molecule has 1 amide bonds. The van der Waals surface area contributed by atoms with Gasteiger partial charge in [0.05, 0.1) is 24.6 Å². The molecule has 2 saturated heterocycles. The van der Waals surface area contributed by atoms with Crippen molar-refractivity contribution in [1.82, 2.24) is 14.9 Å². The number of hydrogen-bond acceptors (Lipinski definition) is 5. The molecule has 1 aromatic heterocycles. The third kappa shape index (κ3) is 4.53. The van der Waals surface area contributed by atoms with Gasteiger partial charge in [0, 0.05) is 26.2 Å². The molecule has 0 spiro atoms. The van der Waals surface area contributed by atoms with E-state index in [0.717, 1.165) is 51.3 Å². The molecular formula is C20H32N4O2. The van der Waals surface area contributed by atoms with Crippen LogP contribution in [-0.4, -0.2) is 59.2 Å². The summed E-state index contributed by atoms with van der Waals surface area (Å²) >= 11 is 0. The molecule has 2 aliphatic heterocycles. The first kappa shape index (κ1) is 19.1. The molecule has 0 saturated carbocycles. The summed E-state index contributed by atoms with van der Waals surface area (Å²) in [6.07, 6.45) is 9.35. The van der Waals surface area contributed by atoms with E-state index in [4.69, 9.17) is 4.74 Å². The number of nitrogens with zero attached hydrogens (tertiary/aromatic N) is 4. The Labute approximate surface area is 156 Å². The van der Waals surface area contributed by atoms with E-state index < -0.39 is 0 Å². The van der Waals surface area contributed by atoms with Crippen LogP contribution in [-0.2, 0) is 4.74 Å². The fourth-order valence-corrected chi connectivity index (χ4v) is 3.71. The lowest BCUT2D eigenvalue weighted by Gasteiger charge is -2.40. The molecule has 6 heteroatoms. The SMILES string of the molecule is CCCC[C@@H]1CN(c2cncc(C(=O)N3CCCC3)n2)C[C@H](C(C)C)O1. The van der Waals surface area contributed by atoms with E-state index in [0.29, 0.717) is 11.6 Å². The zero-order valence-electron chi connectivity index (χ0n) is 16.4. The first-order valence-electron chi connectivity index (χ1n) is 10.1. The van der Waals surface area contributed by atoms with Gasteiger partial charge in [-0.3, -0.25) is 9.78 Å². The molecule has 144 valence electrons. The fourth-order valence-electron chi connectivity index (χ4n) is 3.71. The first-order valence-corrected chi connectivity index (χ1v) is 10.1. The van der Waals surface area contributed by atoms with Crippen molar-refractivity contribution in [3.8, 4) is 0 Å². The highest BCUT2D eigenvalue weighted by molar-refractivity contribution is 5.92. The maximum absolute atomic E-state index is 12.6. The van der Waals surface area contributed by atoms with Crippen LogP contribution in [0.5, 0.6) is 0 Å². The van der Waals surface area contributed by atoms with E-state index in [1.54, 1.807) is 12.4 Å². The number of morpholine rings is 1. The normalized spacial score (nSPS) is 23.7. The van der Waals surface area contributed by atoms with E-state index in [1.807, 2.05) is 4.90 Å². The monoisotopic (exact) mass is 360 g/mol. The number of rotatable bonds is 6. The Hall–Kier alpha value is -1.69. The van der Waals surface area contributed by atoms with Gasteiger partial charge in [-0.1, -0.05) is 33.6 Å². The van der Waals surface area contributed by atoms with Gasteiger partial charge in [0.25, 0.3) is 5.91 Å². The minimum Gasteiger partial charge on any atom is -0.371 e. The Bertz CT molecular complexity index is 601. The quantitative estimate of drug-likeness (QED) is 0.780. The zero-order valence-corrected chi connectivity index (χ0v) is 16.4. The lowest BCUT2D eigenvalue weighted by molar-refractivity contribution is -0.0521. The number of carbonyl (C=O) groups is 1. The van der Waals surface area contributed by atoms with Crippen molar-refractivity contribution >= 4 is 11.7 Å². The predicted octanol–water partition coefficient (Wildman–Crippen LogP) is 3.13. The second-order valence-electron chi connectivity index (χ2n) is 7.85. The van der Waals surface area contributed by atoms with Gasteiger partial charge in [-0.15, -0.1) is 0 Å². The number of carbonyl (C=O) groups excluding carboxylic acids is 1. The van der Waals surface area contributed by atoms with Crippen molar-refractivity contribution in [3.63, 3.8) is 0 Å². The van der Waals surface area contributed by atoms with Crippen molar-refractivity contribution in [2.75, 3.05) is 31.1 Å².